The van der Waals surface area contributed by atoms with Crippen LogP contribution in [-0.2, 0) is 16.0 Å². The first kappa shape index (κ1) is 15.4. The summed E-state index contributed by atoms with van der Waals surface area (Å²) in [6.45, 7) is 3.31. The Morgan fingerprint density at radius 1 is 1.50 bits per heavy atom. The molecule has 2 atom stereocenters. The number of methoxy groups -OCH3 is 2. The van der Waals surface area contributed by atoms with Crippen LogP contribution in [-0.4, -0.2) is 36.7 Å². The lowest BCUT2D eigenvalue weighted by molar-refractivity contribution is 0.0694. The van der Waals surface area contributed by atoms with E-state index in [9.17, 15) is 0 Å². The second-order valence-electron chi connectivity index (χ2n) is 4.18. The number of rotatable bonds is 8. The quantitative estimate of drug-likeness (QED) is 0.788. The number of aromatic nitrogens is 2. The predicted octanol–water partition coefficient (Wildman–Crippen LogP) is 2.00. The van der Waals surface area contributed by atoms with Gasteiger partial charge in [0.1, 0.15) is 0 Å². The molecule has 0 spiro atoms. The Morgan fingerprint density at radius 3 is 2.78 bits per heavy atom. The van der Waals surface area contributed by atoms with Gasteiger partial charge >= 0.3 is 0 Å². The van der Waals surface area contributed by atoms with E-state index in [0.29, 0.717) is 18.2 Å². The van der Waals surface area contributed by atoms with Crippen LogP contribution < -0.4 is 5.73 Å². The van der Waals surface area contributed by atoms with E-state index in [1.807, 2.05) is 0 Å². The average molecular weight is 276 g/mol. The van der Waals surface area contributed by atoms with Crippen LogP contribution in [0.25, 0.3) is 0 Å². The van der Waals surface area contributed by atoms with Crippen molar-refractivity contribution in [3.63, 3.8) is 0 Å². The van der Waals surface area contributed by atoms with Crippen LogP contribution in [0.2, 0.25) is 5.02 Å². The third-order valence-electron chi connectivity index (χ3n) is 2.93. The zero-order valence-electron chi connectivity index (χ0n) is 11.2. The molecule has 0 aliphatic carbocycles. The molecule has 0 saturated carbocycles. The fraction of sp³-hybridized carbons (Fsp3) is 0.750. The Morgan fingerprint density at radius 2 is 2.22 bits per heavy atom. The Bertz CT molecular complexity index is 357. The summed E-state index contributed by atoms with van der Waals surface area (Å²) in [6.07, 6.45) is 3.47. The molecule has 0 radical (unpaired) electrons. The van der Waals surface area contributed by atoms with Gasteiger partial charge in [-0.15, -0.1) is 0 Å². The number of halogens is 1. The number of nitrogens with two attached hydrogens (primary N) is 1. The van der Waals surface area contributed by atoms with Crippen LogP contribution in [0.15, 0.2) is 6.20 Å². The molecule has 5 nitrogen and oxygen atoms in total. The summed E-state index contributed by atoms with van der Waals surface area (Å²) in [4.78, 5) is 0. The third-order valence-corrected chi connectivity index (χ3v) is 3.22. The maximum absolute atomic E-state index is 6.24. The maximum atomic E-state index is 6.24. The lowest BCUT2D eigenvalue weighted by Crippen LogP contribution is -2.30. The topological polar surface area (TPSA) is 62.3 Å². The standard InChI is InChI=1S/C12H22ClN3O2/c1-4-5-10(18-3)11(14)12-9(13)8-15-16(12)6-7-17-2/h8,10-11H,4-7,14H2,1-3H3. The number of ether oxygens (including phenoxy) is 2. The van der Waals surface area contributed by atoms with E-state index in [2.05, 4.69) is 12.0 Å². The molecule has 0 aromatic carbocycles. The normalized spacial score (nSPS) is 14.7. The van der Waals surface area contributed by atoms with E-state index in [-0.39, 0.29) is 12.1 Å². The number of nitrogens with zero attached hydrogens (tertiary/aromatic N) is 2. The minimum atomic E-state index is -0.276. The molecule has 1 heterocycles. The highest BCUT2D eigenvalue weighted by atomic mass is 35.5. The predicted molar refractivity (Wildman–Crippen MR) is 71.7 cm³/mol. The molecule has 104 valence electrons. The van der Waals surface area contributed by atoms with Gasteiger partial charge in [-0.2, -0.15) is 5.10 Å². The molecule has 2 unspecified atom stereocenters. The van der Waals surface area contributed by atoms with Gasteiger partial charge < -0.3 is 15.2 Å². The van der Waals surface area contributed by atoms with Crippen molar-refractivity contribution in [2.45, 2.75) is 38.5 Å². The van der Waals surface area contributed by atoms with Gasteiger partial charge in [0.15, 0.2) is 0 Å². The molecular formula is C12H22ClN3O2. The molecule has 1 aromatic rings. The lowest BCUT2D eigenvalue weighted by Gasteiger charge is -2.23. The highest BCUT2D eigenvalue weighted by Crippen LogP contribution is 2.26. The Labute approximate surface area is 113 Å². The summed E-state index contributed by atoms with van der Waals surface area (Å²) in [5, 5.41) is 4.80. The first-order valence-electron chi connectivity index (χ1n) is 6.14. The van der Waals surface area contributed by atoms with Crippen LogP contribution in [0, 0.1) is 0 Å². The monoisotopic (exact) mass is 275 g/mol. The second kappa shape index (κ2) is 7.74. The SMILES string of the molecule is CCCC(OC)C(N)c1c(Cl)cnn1CCOC. The van der Waals surface area contributed by atoms with Crippen molar-refractivity contribution in [2.75, 3.05) is 20.8 Å². The van der Waals surface area contributed by atoms with Crippen molar-refractivity contribution >= 4 is 11.6 Å². The van der Waals surface area contributed by atoms with Crippen molar-refractivity contribution in [1.82, 2.24) is 9.78 Å². The van der Waals surface area contributed by atoms with Crippen molar-refractivity contribution in [3.05, 3.63) is 16.9 Å². The molecule has 0 aliphatic rings. The van der Waals surface area contributed by atoms with Crippen molar-refractivity contribution in [2.24, 2.45) is 5.73 Å². The number of hydrogen-bond acceptors (Lipinski definition) is 4. The van der Waals surface area contributed by atoms with Gasteiger partial charge in [-0.3, -0.25) is 4.68 Å². The van der Waals surface area contributed by atoms with E-state index < -0.39 is 0 Å². The van der Waals surface area contributed by atoms with Gasteiger partial charge in [0.25, 0.3) is 0 Å². The van der Waals surface area contributed by atoms with Crippen LogP contribution in [0.4, 0.5) is 0 Å². The summed E-state index contributed by atoms with van der Waals surface area (Å²) < 4.78 is 12.3. The molecule has 1 aromatic heterocycles. The molecule has 18 heavy (non-hydrogen) atoms. The molecule has 0 aliphatic heterocycles. The zero-order chi connectivity index (χ0) is 13.5. The van der Waals surface area contributed by atoms with E-state index in [1.54, 1.807) is 25.1 Å². The Balaban J connectivity index is 2.88. The Kier molecular flexibility index (Phi) is 6.63. The van der Waals surface area contributed by atoms with Crippen LogP contribution in [0.5, 0.6) is 0 Å². The van der Waals surface area contributed by atoms with Crippen LogP contribution >= 0.6 is 11.6 Å². The van der Waals surface area contributed by atoms with Crippen molar-refractivity contribution < 1.29 is 9.47 Å². The van der Waals surface area contributed by atoms with Gasteiger partial charge in [-0.05, 0) is 6.42 Å². The maximum Gasteiger partial charge on any atom is 0.0835 e. The highest BCUT2D eigenvalue weighted by Gasteiger charge is 2.24. The molecule has 0 amide bonds. The first-order chi connectivity index (χ1) is 8.65. The fourth-order valence-electron chi connectivity index (χ4n) is 1.96. The summed E-state index contributed by atoms with van der Waals surface area (Å²) >= 11 is 6.16. The van der Waals surface area contributed by atoms with Crippen LogP contribution in [0.1, 0.15) is 31.5 Å². The molecular weight excluding hydrogens is 254 g/mol. The molecule has 0 saturated heterocycles. The summed E-state index contributed by atoms with van der Waals surface area (Å²) in [7, 11) is 3.32. The van der Waals surface area contributed by atoms with E-state index in [1.165, 1.54) is 0 Å². The van der Waals surface area contributed by atoms with E-state index in [0.717, 1.165) is 18.5 Å². The minimum Gasteiger partial charge on any atom is -0.383 e. The van der Waals surface area contributed by atoms with E-state index in [4.69, 9.17) is 26.8 Å². The second-order valence-corrected chi connectivity index (χ2v) is 4.59. The number of hydrogen-bond donors (Lipinski definition) is 1. The summed E-state index contributed by atoms with van der Waals surface area (Å²) in [6, 6.07) is -0.276. The summed E-state index contributed by atoms with van der Waals surface area (Å²) in [5.74, 6) is 0. The molecule has 6 heteroatoms. The van der Waals surface area contributed by atoms with Crippen molar-refractivity contribution in [3.8, 4) is 0 Å². The third kappa shape index (κ3) is 3.68. The molecule has 0 fully saturated rings. The van der Waals surface area contributed by atoms with Gasteiger partial charge in [0.05, 0.1) is 42.2 Å². The van der Waals surface area contributed by atoms with E-state index >= 15 is 0 Å². The largest absolute Gasteiger partial charge is 0.383 e. The van der Waals surface area contributed by atoms with Gasteiger partial charge in [-0.25, -0.2) is 0 Å². The average Bonchev–Trinajstić information content (AvgIpc) is 2.73. The van der Waals surface area contributed by atoms with Crippen LogP contribution in [0.3, 0.4) is 0 Å². The molecule has 2 N–H and O–H groups in total. The fourth-order valence-corrected chi connectivity index (χ4v) is 2.23. The Hall–Kier alpha value is -0.620. The zero-order valence-corrected chi connectivity index (χ0v) is 12.0. The van der Waals surface area contributed by atoms with Gasteiger partial charge in [0.2, 0.25) is 0 Å². The molecule has 0 bridgehead atoms. The summed E-state index contributed by atoms with van der Waals surface area (Å²) in [5.41, 5.74) is 7.06. The van der Waals surface area contributed by atoms with Crippen molar-refractivity contribution in [1.29, 1.82) is 0 Å². The first-order valence-corrected chi connectivity index (χ1v) is 6.52. The lowest BCUT2D eigenvalue weighted by atomic mass is 10.0. The smallest absolute Gasteiger partial charge is 0.0835 e. The minimum absolute atomic E-state index is 0.0505. The highest BCUT2D eigenvalue weighted by molar-refractivity contribution is 6.31. The molecule has 1 rings (SSSR count). The van der Waals surface area contributed by atoms with Gasteiger partial charge in [-0.1, -0.05) is 24.9 Å². The van der Waals surface area contributed by atoms with Gasteiger partial charge in [0, 0.05) is 14.2 Å².